The molecule has 179 valence electrons. The van der Waals surface area contributed by atoms with Crippen molar-refractivity contribution in [3.63, 3.8) is 0 Å². The van der Waals surface area contributed by atoms with Crippen LogP contribution >= 0.6 is 0 Å². The summed E-state index contributed by atoms with van der Waals surface area (Å²) in [6.07, 6.45) is 0. The molecule has 1 radical (unpaired) electrons. The molecule has 0 saturated heterocycles. The van der Waals surface area contributed by atoms with Gasteiger partial charge in [0, 0.05) is 16.2 Å². The van der Waals surface area contributed by atoms with Crippen LogP contribution in [0.4, 0.5) is 11.4 Å². The van der Waals surface area contributed by atoms with Gasteiger partial charge in [0.2, 0.25) is 0 Å². The van der Waals surface area contributed by atoms with Gasteiger partial charge in [0.25, 0.3) is 20.2 Å². The van der Waals surface area contributed by atoms with Gasteiger partial charge in [-0.1, -0.05) is 36.1 Å². The molecule has 35 heavy (non-hydrogen) atoms. The first-order chi connectivity index (χ1) is 15.9. The topological polar surface area (TPSA) is 197 Å². The van der Waals surface area contributed by atoms with Gasteiger partial charge in [-0.3, -0.25) is 9.11 Å². The van der Waals surface area contributed by atoms with Crippen LogP contribution in [0.2, 0.25) is 0 Å². The van der Waals surface area contributed by atoms with Crippen LogP contribution in [0.1, 0.15) is 10.4 Å². The molecule has 0 aromatic heterocycles. The molecule has 0 atom stereocenters. The van der Waals surface area contributed by atoms with E-state index in [0.717, 1.165) is 30.3 Å². The van der Waals surface area contributed by atoms with Crippen molar-refractivity contribution >= 4 is 59.1 Å². The summed E-state index contributed by atoms with van der Waals surface area (Å²) >= 11 is 0. The molecular formula is C21H12MnN2O9S2. The Kier molecular flexibility index (Phi) is 6.99. The number of hydrogen-bond acceptors (Lipinski definition) is 9. The maximum absolute atomic E-state index is 12.6. The Morgan fingerprint density at radius 1 is 0.771 bits per heavy atom. The summed E-state index contributed by atoms with van der Waals surface area (Å²) in [6, 6.07) is 12.5. The van der Waals surface area contributed by atoms with Crippen molar-refractivity contribution in [3.8, 4) is 5.75 Å². The molecule has 2 N–H and O–H groups in total. The molecule has 0 fully saturated rings. The summed E-state index contributed by atoms with van der Waals surface area (Å²) < 4.78 is 65.8. The Labute approximate surface area is 208 Å². The molecular weight excluding hydrogens is 543 g/mol. The molecule has 0 aliphatic heterocycles. The first-order valence-corrected chi connectivity index (χ1v) is 12.1. The molecule has 0 aliphatic carbocycles. The third-order valence-corrected chi connectivity index (χ3v) is 6.76. The normalized spacial score (nSPS) is 12.2. The number of rotatable bonds is 5. The fourth-order valence-electron chi connectivity index (χ4n) is 3.46. The second kappa shape index (κ2) is 9.34. The molecule has 4 rings (SSSR count). The number of carbonyl (C=O) groups excluding carboxylic acids is 1. The van der Waals surface area contributed by atoms with Crippen LogP contribution in [-0.4, -0.2) is 31.9 Å². The molecule has 4 aromatic carbocycles. The Hall–Kier alpha value is -3.39. The number of azo groups is 1. The van der Waals surface area contributed by atoms with Gasteiger partial charge in [-0.15, -0.1) is 0 Å². The van der Waals surface area contributed by atoms with E-state index in [9.17, 15) is 40.9 Å². The van der Waals surface area contributed by atoms with Crippen molar-refractivity contribution in [2.75, 3.05) is 0 Å². The van der Waals surface area contributed by atoms with Crippen LogP contribution in [0.15, 0.2) is 80.7 Å². The van der Waals surface area contributed by atoms with Gasteiger partial charge in [-0.25, -0.2) is 0 Å². The smallest absolute Gasteiger partial charge is 0.871 e. The summed E-state index contributed by atoms with van der Waals surface area (Å²) in [6.45, 7) is 0. The number of benzene rings is 4. The molecule has 4 aromatic rings. The number of aromatic carboxylic acids is 1. The van der Waals surface area contributed by atoms with Gasteiger partial charge < -0.3 is 15.0 Å². The van der Waals surface area contributed by atoms with E-state index in [-0.39, 0.29) is 39.2 Å². The van der Waals surface area contributed by atoms with Crippen LogP contribution in [0, 0.1) is 0 Å². The van der Waals surface area contributed by atoms with E-state index in [4.69, 9.17) is 0 Å². The van der Waals surface area contributed by atoms with Gasteiger partial charge in [0.15, 0.2) is 0 Å². The van der Waals surface area contributed by atoms with Gasteiger partial charge in [0.05, 0.1) is 17.3 Å². The van der Waals surface area contributed by atoms with Crippen LogP contribution in [-0.2, 0) is 37.3 Å². The minimum Gasteiger partial charge on any atom is -0.871 e. The first kappa shape index (κ1) is 26.2. The predicted molar refractivity (Wildman–Crippen MR) is 115 cm³/mol. The molecule has 14 heteroatoms. The fourth-order valence-corrected chi connectivity index (χ4v) is 4.84. The molecule has 0 amide bonds. The standard InChI is InChI=1S/C21H14N2O9S2.Mn/c24-20-16(21(25)26)9-11-3-1-2-4-13(11)19(20)23-22-12-5-6-14-15(10-12)18(34(30,31)32)8-7-17(14)33(27,28)29;/h1-10,24H,(H,25,26)(H,27,28,29)(H,30,31,32);/q;+2/p-2. The molecule has 0 saturated carbocycles. The summed E-state index contributed by atoms with van der Waals surface area (Å²) in [5.41, 5.74) is -0.996. The first-order valence-electron chi connectivity index (χ1n) is 9.25. The average Bonchev–Trinajstić information content (AvgIpc) is 2.75. The Morgan fingerprint density at radius 2 is 1.37 bits per heavy atom. The zero-order chi connectivity index (χ0) is 24.8. The second-order valence-electron chi connectivity index (χ2n) is 7.05. The zero-order valence-electron chi connectivity index (χ0n) is 17.1. The maximum atomic E-state index is 12.6. The Morgan fingerprint density at radius 3 is 1.97 bits per heavy atom. The SMILES string of the molecule is O=C([O-])c1cc2ccccc2c(N=Nc2ccc3c(S(=O)(=O)O)ccc(S(=O)(=O)O)c3c2)c1[O-].[Mn+2]. The zero-order valence-corrected chi connectivity index (χ0v) is 19.9. The third-order valence-electron chi connectivity index (χ3n) is 4.94. The van der Waals surface area contributed by atoms with Crippen molar-refractivity contribution in [2.45, 2.75) is 9.79 Å². The molecule has 0 unspecified atom stereocenters. The van der Waals surface area contributed by atoms with Crippen LogP contribution < -0.4 is 10.2 Å². The van der Waals surface area contributed by atoms with E-state index in [1.54, 1.807) is 18.2 Å². The van der Waals surface area contributed by atoms with E-state index in [1.165, 1.54) is 12.1 Å². The number of carboxylic acids is 1. The molecule has 0 spiro atoms. The van der Waals surface area contributed by atoms with Crippen molar-refractivity contribution in [3.05, 3.63) is 66.2 Å². The average molecular weight is 555 g/mol. The minimum absolute atomic E-state index is 0. The van der Waals surface area contributed by atoms with Gasteiger partial charge in [0.1, 0.15) is 9.79 Å². The summed E-state index contributed by atoms with van der Waals surface area (Å²) in [4.78, 5) is 10.1. The van der Waals surface area contributed by atoms with Crippen LogP contribution in [0.5, 0.6) is 5.75 Å². The summed E-state index contributed by atoms with van der Waals surface area (Å²) in [7, 11) is -9.53. The van der Waals surface area contributed by atoms with Gasteiger partial charge >= 0.3 is 17.1 Å². The third kappa shape index (κ3) is 5.03. The predicted octanol–water partition coefficient (Wildman–Crippen LogP) is 2.34. The monoisotopic (exact) mass is 555 g/mol. The Balaban J connectivity index is 0.00000342. The number of carbonyl (C=O) groups is 1. The Bertz CT molecular complexity index is 1750. The van der Waals surface area contributed by atoms with E-state index >= 15 is 0 Å². The van der Waals surface area contributed by atoms with Crippen LogP contribution in [0.25, 0.3) is 21.5 Å². The molecule has 0 aliphatic rings. The molecule has 0 bridgehead atoms. The van der Waals surface area contributed by atoms with E-state index in [1.807, 2.05) is 0 Å². The van der Waals surface area contributed by atoms with Crippen molar-refractivity contribution in [1.29, 1.82) is 0 Å². The molecule has 11 nitrogen and oxygen atoms in total. The number of fused-ring (bicyclic) bond motifs is 2. The van der Waals surface area contributed by atoms with Crippen molar-refractivity contribution in [1.82, 2.24) is 0 Å². The minimum atomic E-state index is -4.80. The molecule has 0 heterocycles. The van der Waals surface area contributed by atoms with Crippen molar-refractivity contribution in [2.24, 2.45) is 10.2 Å². The van der Waals surface area contributed by atoms with Gasteiger partial charge in [-0.2, -0.15) is 27.1 Å². The second-order valence-corrected chi connectivity index (χ2v) is 9.83. The van der Waals surface area contributed by atoms with E-state index < -0.39 is 47.3 Å². The number of carboxylic acid groups (broad SMARTS) is 1. The van der Waals surface area contributed by atoms with Crippen LogP contribution in [0.3, 0.4) is 0 Å². The maximum Gasteiger partial charge on any atom is 2.00 e. The van der Waals surface area contributed by atoms with E-state index in [2.05, 4.69) is 10.2 Å². The largest absolute Gasteiger partial charge is 2.00 e. The number of hydrogen-bond donors (Lipinski definition) is 2. The number of nitrogens with zero attached hydrogens (tertiary/aromatic N) is 2. The summed E-state index contributed by atoms with van der Waals surface area (Å²) in [5, 5.41) is 31.9. The summed E-state index contributed by atoms with van der Waals surface area (Å²) in [5.74, 6) is -2.65. The van der Waals surface area contributed by atoms with E-state index in [0.29, 0.717) is 10.8 Å². The fraction of sp³-hybridized carbons (Fsp3) is 0. The van der Waals surface area contributed by atoms with Gasteiger partial charge in [-0.05, 0) is 41.3 Å². The quantitative estimate of drug-likeness (QED) is 0.211. The van der Waals surface area contributed by atoms with Crippen molar-refractivity contribution < 1.29 is 58.0 Å².